The number of aromatic nitrogens is 2. The third-order valence-corrected chi connectivity index (χ3v) is 6.08. The summed E-state index contributed by atoms with van der Waals surface area (Å²) in [7, 11) is 0. The number of hydrogen-bond acceptors (Lipinski definition) is 4. The standard InChI is InChI=1S/C18H25N3O2S/c1-10-5-4-6-13(9-10)19-15(22)8-7-14-20-17(23)16-11(2)12(3)24-18(16)21-14/h10,13H,4-9H2,1-3H3,(H,19,22)(H,20,21,23). The molecule has 3 rings (SSSR count). The van der Waals surface area contributed by atoms with E-state index in [-0.39, 0.29) is 11.5 Å². The van der Waals surface area contributed by atoms with Crippen LogP contribution in [0.3, 0.4) is 0 Å². The lowest BCUT2D eigenvalue weighted by Crippen LogP contribution is -2.38. The lowest BCUT2D eigenvalue weighted by atomic mass is 9.87. The van der Waals surface area contributed by atoms with Crippen LogP contribution in [0.1, 0.15) is 55.3 Å². The van der Waals surface area contributed by atoms with Gasteiger partial charge in [-0.3, -0.25) is 9.59 Å². The number of aromatic amines is 1. The Kier molecular flexibility index (Phi) is 5.04. The first-order valence-corrected chi connectivity index (χ1v) is 9.54. The van der Waals surface area contributed by atoms with E-state index in [9.17, 15) is 9.59 Å². The van der Waals surface area contributed by atoms with Gasteiger partial charge in [-0.2, -0.15) is 0 Å². The third-order valence-electron chi connectivity index (χ3n) is 4.98. The molecule has 130 valence electrons. The van der Waals surface area contributed by atoms with Crippen LogP contribution in [0.2, 0.25) is 0 Å². The van der Waals surface area contributed by atoms with Gasteiger partial charge in [0.05, 0.1) is 5.39 Å². The van der Waals surface area contributed by atoms with Crippen molar-refractivity contribution in [1.29, 1.82) is 0 Å². The highest BCUT2D eigenvalue weighted by Gasteiger charge is 2.20. The number of hydrogen-bond donors (Lipinski definition) is 2. The fourth-order valence-electron chi connectivity index (χ4n) is 3.51. The van der Waals surface area contributed by atoms with E-state index in [2.05, 4.69) is 22.2 Å². The number of carbonyl (C=O) groups excluding carboxylic acids is 1. The van der Waals surface area contributed by atoms with Gasteiger partial charge >= 0.3 is 0 Å². The summed E-state index contributed by atoms with van der Waals surface area (Å²) >= 11 is 1.54. The number of nitrogens with zero attached hydrogens (tertiary/aromatic N) is 1. The molecule has 2 unspecified atom stereocenters. The molecule has 1 aliphatic carbocycles. The molecule has 24 heavy (non-hydrogen) atoms. The summed E-state index contributed by atoms with van der Waals surface area (Å²) in [4.78, 5) is 33.7. The van der Waals surface area contributed by atoms with Crippen molar-refractivity contribution >= 4 is 27.5 Å². The summed E-state index contributed by atoms with van der Waals surface area (Å²) in [5.41, 5.74) is 0.901. The Hall–Kier alpha value is -1.69. The Morgan fingerprint density at radius 2 is 2.17 bits per heavy atom. The molecule has 6 heteroatoms. The van der Waals surface area contributed by atoms with Crippen molar-refractivity contribution in [2.45, 2.75) is 65.3 Å². The molecule has 5 nitrogen and oxygen atoms in total. The minimum Gasteiger partial charge on any atom is -0.353 e. The maximum Gasteiger partial charge on any atom is 0.259 e. The van der Waals surface area contributed by atoms with Crippen molar-refractivity contribution in [3.8, 4) is 0 Å². The van der Waals surface area contributed by atoms with E-state index in [1.165, 1.54) is 24.2 Å². The molecule has 0 aliphatic heterocycles. The molecule has 2 atom stereocenters. The van der Waals surface area contributed by atoms with Crippen LogP contribution in [0, 0.1) is 19.8 Å². The normalized spacial score (nSPS) is 21.1. The van der Waals surface area contributed by atoms with Gasteiger partial charge in [0.1, 0.15) is 10.7 Å². The molecule has 2 aromatic rings. The fraction of sp³-hybridized carbons (Fsp3) is 0.611. The van der Waals surface area contributed by atoms with Crippen LogP contribution >= 0.6 is 11.3 Å². The molecule has 0 aromatic carbocycles. The summed E-state index contributed by atoms with van der Waals surface area (Å²) < 4.78 is 0. The van der Waals surface area contributed by atoms with Gasteiger partial charge in [-0.25, -0.2) is 4.98 Å². The second-order valence-corrected chi connectivity index (χ2v) is 8.22. The molecular weight excluding hydrogens is 322 g/mol. The molecule has 1 amide bonds. The monoisotopic (exact) mass is 347 g/mol. The van der Waals surface area contributed by atoms with E-state index in [0.717, 1.165) is 28.1 Å². The highest BCUT2D eigenvalue weighted by atomic mass is 32.1. The second kappa shape index (κ2) is 7.05. The first-order valence-electron chi connectivity index (χ1n) is 8.72. The predicted octanol–water partition coefficient (Wildman–Crippen LogP) is 3.23. The number of nitrogens with one attached hydrogen (secondary N) is 2. The predicted molar refractivity (Wildman–Crippen MR) is 97.6 cm³/mol. The van der Waals surface area contributed by atoms with E-state index in [1.807, 2.05) is 13.8 Å². The number of rotatable bonds is 4. The summed E-state index contributed by atoms with van der Waals surface area (Å²) in [6, 6.07) is 0.304. The Morgan fingerprint density at radius 3 is 2.92 bits per heavy atom. The lowest BCUT2D eigenvalue weighted by molar-refractivity contribution is -0.122. The fourth-order valence-corrected chi connectivity index (χ4v) is 4.56. The Morgan fingerprint density at radius 1 is 1.38 bits per heavy atom. The van der Waals surface area contributed by atoms with Crippen LogP contribution in [0.15, 0.2) is 4.79 Å². The molecule has 2 aromatic heterocycles. The number of aryl methyl sites for hydroxylation is 3. The van der Waals surface area contributed by atoms with Crippen LogP contribution in [0.4, 0.5) is 0 Å². The summed E-state index contributed by atoms with van der Waals surface area (Å²) in [5.74, 6) is 1.34. The maximum atomic E-state index is 12.2. The van der Waals surface area contributed by atoms with Crippen molar-refractivity contribution in [2.24, 2.45) is 5.92 Å². The van der Waals surface area contributed by atoms with Gasteiger partial charge in [0.2, 0.25) is 5.91 Å². The molecule has 0 spiro atoms. The van der Waals surface area contributed by atoms with Crippen molar-refractivity contribution in [2.75, 3.05) is 0 Å². The maximum absolute atomic E-state index is 12.2. The first kappa shape index (κ1) is 17.1. The zero-order chi connectivity index (χ0) is 17.3. The van der Waals surface area contributed by atoms with Crippen LogP contribution in [-0.4, -0.2) is 21.9 Å². The van der Waals surface area contributed by atoms with E-state index < -0.39 is 0 Å². The third kappa shape index (κ3) is 3.69. The quantitative estimate of drug-likeness (QED) is 0.891. The summed E-state index contributed by atoms with van der Waals surface area (Å²) in [6.07, 6.45) is 5.43. The Balaban J connectivity index is 1.63. The zero-order valence-electron chi connectivity index (χ0n) is 14.6. The van der Waals surface area contributed by atoms with Gasteiger partial charge in [-0.1, -0.05) is 19.8 Å². The first-order chi connectivity index (χ1) is 11.4. The highest BCUT2D eigenvalue weighted by molar-refractivity contribution is 7.18. The molecule has 2 N–H and O–H groups in total. The number of amides is 1. The Labute approximate surface area is 145 Å². The molecule has 2 heterocycles. The van der Waals surface area contributed by atoms with Crippen LogP contribution < -0.4 is 10.9 Å². The average Bonchev–Trinajstić information content (AvgIpc) is 2.80. The van der Waals surface area contributed by atoms with Gasteiger partial charge in [0, 0.05) is 23.8 Å². The SMILES string of the molecule is Cc1sc2nc(CCC(=O)NC3CCCC(C)C3)[nH]c(=O)c2c1C. The van der Waals surface area contributed by atoms with E-state index in [4.69, 9.17) is 0 Å². The lowest BCUT2D eigenvalue weighted by Gasteiger charge is -2.27. The van der Waals surface area contributed by atoms with Crippen LogP contribution in [0.25, 0.3) is 10.2 Å². The average molecular weight is 347 g/mol. The summed E-state index contributed by atoms with van der Waals surface area (Å²) in [5, 5.41) is 3.81. The molecule has 1 saturated carbocycles. The number of fused-ring (bicyclic) bond motifs is 1. The Bertz CT molecular complexity index is 808. The van der Waals surface area contributed by atoms with Crippen LogP contribution in [-0.2, 0) is 11.2 Å². The largest absolute Gasteiger partial charge is 0.353 e. The van der Waals surface area contributed by atoms with Gasteiger partial charge in [-0.15, -0.1) is 11.3 Å². The molecule has 1 aliphatic rings. The van der Waals surface area contributed by atoms with Crippen molar-refractivity contribution < 1.29 is 4.79 Å². The van der Waals surface area contributed by atoms with E-state index >= 15 is 0 Å². The van der Waals surface area contributed by atoms with E-state index in [1.54, 1.807) is 0 Å². The van der Waals surface area contributed by atoms with Gasteiger partial charge in [0.25, 0.3) is 5.56 Å². The van der Waals surface area contributed by atoms with Gasteiger partial charge in [0.15, 0.2) is 0 Å². The second-order valence-electron chi connectivity index (χ2n) is 7.01. The van der Waals surface area contributed by atoms with Gasteiger partial charge in [-0.05, 0) is 38.2 Å². The number of thiophene rings is 1. The topological polar surface area (TPSA) is 74.8 Å². The molecule has 0 radical (unpaired) electrons. The van der Waals surface area contributed by atoms with E-state index in [0.29, 0.717) is 36.0 Å². The minimum atomic E-state index is -0.0987. The molecular formula is C18H25N3O2S. The van der Waals surface area contributed by atoms with Crippen molar-refractivity contribution in [1.82, 2.24) is 15.3 Å². The molecule has 0 saturated heterocycles. The van der Waals surface area contributed by atoms with Crippen LogP contribution in [0.5, 0.6) is 0 Å². The van der Waals surface area contributed by atoms with Gasteiger partial charge < -0.3 is 10.3 Å². The smallest absolute Gasteiger partial charge is 0.259 e. The summed E-state index contributed by atoms with van der Waals surface area (Å²) in [6.45, 7) is 6.19. The number of carbonyl (C=O) groups is 1. The minimum absolute atomic E-state index is 0.0513. The van der Waals surface area contributed by atoms with Crippen molar-refractivity contribution in [3.63, 3.8) is 0 Å². The zero-order valence-corrected chi connectivity index (χ0v) is 15.4. The van der Waals surface area contributed by atoms with Crippen molar-refractivity contribution in [3.05, 3.63) is 26.6 Å². The highest BCUT2D eigenvalue weighted by Crippen LogP contribution is 2.26. The molecule has 0 bridgehead atoms. The molecule has 1 fully saturated rings. The number of H-pyrrole nitrogens is 1.